The van der Waals surface area contributed by atoms with Crippen molar-refractivity contribution in [3.63, 3.8) is 0 Å². The molecule has 1 heterocycles. The summed E-state index contributed by atoms with van der Waals surface area (Å²) in [4.78, 5) is 18.4. The topological polar surface area (TPSA) is 92.0 Å². The van der Waals surface area contributed by atoms with Gasteiger partial charge in [-0.15, -0.1) is 0 Å². The van der Waals surface area contributed by atoms with E-state index >= 15 is 0 Å². The molecule has 4 aromatic rings. The Bertz CT molecular complexity index is 1350. The van der Waals surface area contributed by atoms with Crippen molar-refractivity contribution in [3.8, 4) is 62.7 Å². The van der Waals surface area contributed by atoms with Gasteiger partial charge in [0.1, 0.15) is 17.3 Å². The second-order valence-corrected chi connectivity index (χ2v) is 7.90. The lowest BCUT2D eigenvalue weighted by Crippen LogP contribution is -2.12. The third-order valence-electron chi connectivity index (χ3n) is 5.89. The maximum atomic E-state index is 13.4. The third kappa shape index (κ3) is 4.45. The number of hydrogen-bond acceptors (Lipinski definition) is 7. The van der Waals surface area contributed by atoms with Gasteiger partial charge in [-0.1, -0.05) is 6.92 Å². The molecule has 3 aromatic carbocycles. The van der Waals surface area contributed by atoms with Gasteiger partial charge in [0.2, 0.25) is 11.7 Å². The van der Waals surface area contributed by atoms with Crippen LogP contribution in [0.5, 0.6) is 28.7 Å². The highest BCUT2D eigenvalue weighted by Gasteiger charge is 2.26. The van der Waals surface area contributed by atoms with Crippen molar-refractivity contribution < 1.29 is 28.8 Å². The average molecular weight is 489 g/mol. The highest BCUT2D eigenvalue weighted by Crippen LogP contribution is 2.43. The van der Waals surface area contributed by atoms with Gasteiger partial charge in [0, 0.05) is 23.1 Å². The van der Waals surface area contributed by atoms with E-state index in [1.54, 1.807) is 37.8 Å². The summed E-state index contributed by atoms with van der Waals surface area (Å²) in [5, 5.41) is 10.4. The second kappa shape index (κ2) is 10.4. The molecular weight excluding hydrogens is 460 g/mol. The third-order valence-corrected chi connectivity index (χ3v) is 5.89. The van der Waals surface area contributed by atoms with E-state index in [0.717, 1.165) is 11.1 Å². The standard InChI is InChI=1S/C28H28N2O6/c1-6-24(31)30-26(18-9-13-21(34-3)14-10-18)25(17-7-11-20(33-2)12-8-17)29-28(30)19-15-22(35-4)27(32)23(16-19)36-5/h7-16,32H,6H2,1-5H3. The minimum absolute atomic E-state index is 0.130. The fraction of sp³-hybridized carbons (Fsp3) is 0.214. The first-order valence-corrected chi connectivity index (χ1v) is 11.4. The zero-order valence-corrected chi connectivity index (χ0v) is 20.9. The molecule has 36 heavy (non-hydrogen) atoms. The predicted octanol–water partition coefficient (Wildman–Crippen LogP) is 5.67. The lowest BCUT2D eigenvalue weighted by atomic mass is 10.0. The first kappa shape index (κ1) is 24.7. The van der Waals surface area contributed by atoms with E-state index in [1.165, 1.54) is 14.2 Å². The Morgan fingerprint density at radius 3 is 1.72 bits per heavy atom. The van der Waals surface area contributed by atoms with Gasteiger partial charge in [-0.2, -0.15) is 0 Å². The fourth-order valence-corrected chi connectivity index (χ4v) is 4.00. The van der Waals surface area contributed by atoms with Gasteiger partial charge in [0.25, 0.3) is 0 Å². The van der Waals surface area contributed by atoms with Crippen LogP contribution >= 0.6 is 0 Å². The number of phenols is 1. The van der Waals surface area contributed by atoms with E-state index in [2.05, 4.69) is 0 Å². The Balaban J connectivity index is 2.06. The molecule has 1 aromatic heterocycles. The summed E-state index contributed by atoms with van der Waals surface area (Å²) >= 11 is 0. The molecule has 0 bridgehead atoms. The van der Waals surface area contributed by atoms with Crippen LogP contribution in [-0.4, -0.2) is 49.0 Å². The summed E-state index contributed by atoms with van der Waals surface area (Å²) in [5.41, 5.74) is 3.40. The molecule has 8 nitrogen and oxygen atoms in total. The summed E-state index contributed by atoms with van der Waals surface area (Å²) in [6.07, 6.45) is 0.251. The van der Waals surface area contributed by atoms with Crippen molar-refractivity contribution >= 4 is 5.91 Å². The van der Waals surface area contributed by atoms with E-state index in [9.17, 15) is 9.90 Å². The van der Waals surface area contributed by atoms with Crippen LogP contribution in [0.4, 0.5) is 0 Å². The zero-order valence-electron chi connectivity index (χ0n) is 20.9. The van der Waals surface area contributed by atoms with E-state index in [0.29, 0.717) is 34.3 Å². The second-order valence-electron chi connectivity index (χ2n) is 7.90. The highest BCUT2D eigenvalue weighted by molar-refractivity contribution is 5.94. The minimum atomic E-state index is -0.144. The van der Waals surface area contributed by atoms with Crippen molar-refractivity contribution in [2.45, 2.75) is 13.3 Å². The van der Waals surface area contributed by atoms with Gasteiger partial charge in [-0.25, -0.2) is 4.98 Å². The van der Waals surface area contributed by atoms with E-state index < -0.39 is 0 Å². The van der Waals surface area contributed by atoms with Crippen LogP contribution in [0, 0.1) is 0 Å². The Kier molecular flexibility index (Phi) is 7.15. The Hall–Kier alpha value is -4.46. The quantitative estimate of drug-likeness (QED) is 0.341. The lowest BCUT2D eigenvalue weighted by Gasteiger charge is -2.14. The van der Waals surface area contributed by atoms with E-state index in [1.807, 2.05) is 48.5 Å². The molecule has 0 amide bonds. The Labute approximate surface area is 209 Å². The molecule has 0 aliphatic carbocycles. The molecule has 0 aliphatic rings. The molecule has 0 aliphatic heterocycles. The Morgan fingerprint density at radius 2 is 1.28 bits per heavy atom. The monoisotopic (exact) mass is 488 g/mol. The maximum Gasteiger partial charge on any atom is 0.232 e. The first-order valence-electron chi connectivity index (χ1n) is 11.4. The van der Waals surface area contributed by atoms with Gasteiger partial charge >= 0.3 is 0 Å². The average Bonchev–Trinajstić information content (AvgIpc) is 3.33. The number of rotatable bonds is 8. The summed E-state index contributed by atoms with van der Waals surface area (Å²) in [5.74, 6) is 1.95. The van der Waals surface area contributed by atoms with Crippen molar-refractivity contribution in [2.75, 3.05) is 28.4 Å². The molecular formula is C28H28N2O6. The molecule has 0 saturated carbocycles. The molecule has 0 atom stereocenters. The van der Waals surface area contributed by atoms with Crippen LogP contribution in [-0.2, 0) is 0 Å². The molecule has 0 radical (unpaired) electrons. The number of ether oxygens (including phenoxy) is 4. The van der Waals surface area contributed by atoms with Crippen LogP contribution in [0.2, 0.25) is 0 Å². The molecule has 0 spiro atoms. The molecule has 0 unspecified atom stereocenters. The fourth-order valence-electron chi connectivity index (χ4n) is 4.00. The normalized spacial score (nSPS) is 10.7. The zero-order chi connectivity index (χ0) is 25.8. The number of carbonyl (C=O) groups is 1. The summed E-state index contributed by atoms with van der Waals surface area (Å²) in [7, 11) is 6.11. The van der Waals surface area contributed by atoms with Crippen molar-refractivity contribution in [1.29, 1.82) is 0 Å². The lowest BCUT2D eigenvalue weighted by molar-refractivity contribution is 0.0912. The number of imidazole rings is 1. The molecule has 4 rings (SSSR count). The SMILES string of the molecule is CCC(=O)n1c(-c2cc(OC)c(O)c(OC)c2)nc(-c2ccc(OC)cc2)c1-c1ccc(OC)cc1. The van der Waals surface area contributed by atoms with Crippen molar-refractivity contribution in [2.24, 2.45) is 0 Å². The van der Waals surface area contributed by atoms with Gasteiger partial charge < -0.3 is 24.1 Å². The van der Waals surface area contributed by atoms with Crippen molar-refractivity contribution in [3.05, 3.63) is 60.7 Å². The van der Waals surface area contributed by atoms with Crippen LogP contribution < -0.4 is 18.9 Å². The summed E-state index contributed by atoms with van der Waals surface area (Å²) in [6, 6.07) is 18.2. The number of aromatic hydroxyl groups is 1. The number of benzene rings is 3. The van der Waals surface area contributed by atoms with Crippen LogP contribution in [0.3, 0.4) is 0 Å². The largest absolute Gasteiger partial charge is 0.502 e. The van der Waals surface area contributed by atoms with Gasteiger partial charge in [-0.05, 0) is 60.7 Å². The minimum Gasteiger partial charge on any atom is -0.502 e. The highest BCUT2D eigenvalue weighted by atomic mass is 16.5. The summed E-state index contributed by atoms with van der Waals surface area (Å²) in [6.45, 7) is 1.80. The van der Waals surface area contributed by atoms with Gasteiger partial charge in [0.15, 0.2) is 11.5 Å². The first-order chi connectivity index (χ1) is 17.4. The smallest absolute Gasteiger partial charge is 0.232 e. The van der Waals surface area contributed by atoms with Crippen LogP contribution in [0.1, 0.15) is 18.1 Å². The number of nitrogens with zero attached hydrogens (tertiary/aromatic N) is 2. The number of aromatic nitrogens is 2. The molecule has 0 saturated heterocycles. The molecule has 8 heteroatoms. The summed E-state index contributed by atoms with van der Waals surface area (Å²) < 4.78 is 23.0. The molecule has 0 fully saturated rings. The molecule has 1 N–H and O–H groups in total. The van der Waals surface area contributed by atoms with Crippen LogP contribution in [0.15, 0.2) is 60.7 Å². The predicted molar refractivity (Wildman–Crippen MR) is 137 cm³/mol. The van der Waals surface area contributed by atoms with Gasteiger partial charge in [0.05, 0.1) is 39.8 Å². The number of carbonyl (C=O) groups excluding carboxylic acids is 1. The Morgan fingerprint density at radius 1 is 0.778 bits per heavy atom. The van der Waals surface area contributed by atoms with Crippen molar-refractivity contribution in [1.82, 2.24) is 9.55 Å². The molecule has 186 valence electrons. The van der Waals surface area contributed by atoms with E-state index in [-0.39, 0.29) is 29.6 Å². The van der Waals surface area contributed by atoms with E-state index in [4.69, 9.17) is 23.9 Å². The van der Waals surface area contributed by atoms with Gasteiger partial charge in [-0.3, -0.25) is 9.36 Å². The van der Waals surface area contributed by atoms with Crippen LogP contribution in [0.25, 0.3) is 33.9 Å². The number of hydrogen-bond donors (Lipinski definition) is 1. The maximum absolute atomic E-state index is 13.4. The number of phenolic OH excluding ortho intramolecular Hbond substituents is 1. The number of methoxy groups -OCH3 is 4.